The maximum atomic E-state index is 12.7. The highest BCUT2D eigenvalue weighted by Crippen LogP contribution is 2.32. The zero-order valence-corrected chi connectivity index (χ0v) is 15.6. The third-order valence-electron chi connectivity index (χ3n) is 4.19. The first-order valence-electron chi connectivity index (χ1n) is 8.80. The second-order valence-corrected chi connectivity index (χ2v) is 6.54. The number of likely N-dealkylation sites (tertiary alicyclic amines) is 1. The molecule has 1 aliphatic heterocycles. The number of halogens is 3. The highest BCUT2D eigenvalue weighted by molar-refractivity contribution is 6.27. The molecule has 0 spiro atoms. The molecule has 0 aliphatic carbocycles. The van der Waals surface area contributed by atoms with Crippen LogP contribution in [0.4, 0.5) is 13.2 Å². The van der Waals surface area contributed by atoms with Gasteiger partial charge in [-0.3, -0.25) is 4.90 Å². The van der Waals surface area contributed by atoms with E-state index in [0.29, 0.717) is 19.6 Å². The zero-order chi connectivity index (χ0) is 22.3. The lowest BCUT2D eigenvalue weighted by Crippen LogP contribution is -2.30. The molecule has 0 bridgehead atoms. The summed E-state index contributed by atoms with van der Waals surface area (Å²) in [7, 11) is 0. The monoisotopic (exact) mass is 427 g/mol. The minimum atomic E-state index is -4.41. The number of hydrogen-bond donors (Lipinski definition) is 3. The summed E-state index contributed by atoms with van der Waals surface area (Å²) in [6.45, 7) is 1.56. The van der Waals surface area contributed by atoms with Gasteiger partial charge in [-0.25, -0.2) is 9.59 Å². The fraction of sp³-hybridized carbons (Fsp3) is 0.300. The fourth-order valence-corrected chi connectivity index (χ4v) is 2.84. The summed E-state index contributed by atoms with van der Waals surface area (Å²) in [6.07, 6.45) is -5.69. The lowest BCUT2D eigenvalue weighted by molar-refractivity contribution is -0.159. The van der Waals surface area contributed by atoms with Crippen LogP contribution >= 0.6 is 0 Å². The van der Waals surface area contributed by atoms with Gasteiger partial charge in [0.1, 0.15) is 18.0 Å². The number of β-amino-alcohol motifs (C(OH)–C–C–N with tert-alkyl or cyclic N) is 1. The Bertz CT molecular complexity index is 847. The van der Waals surface area contributed by atoms with E-state index in [1.54, 1.807) is 0 Å². The predicted octanol–water partition coefficient (Wildman–Crippen LogP) is 2.49. The van der Waals surface area contributed by atoms with Crippen LogP contribution in [0.5, 0.6) is 5.75 Å². The number of ether oxygens (including phenoxy) is 1. The summed E-state index contributed by atoms with van der Waals surface area (Å²) in [5, 5.41) is 24.9. The van der Waals surface area contributed by atoms with Crippen molar-refractivity contribution >= 4 is 11.9 Å². The van der Waals surface area contributed by atoms with E-state index in [-0.39, 0.29) is 5.75 Å². The summed E-state index contributed by atoms with van der Waals surface area (Å²) < 4.78 is 43.8. The van der Waals surface area contributed by atoms with Crippen LogP contribution in [0.2, 0.25) is 0 Å². The first-order chi connectivity index (χ1) is 14.1. The van der Waals surface area contributed by atoms with Gasteiger partial charge in [0.25, 0.3) is 0 Å². The summed E-state index contributed by atoms with van der Waals surface area (Å²) in [4.78, 5) is 20.2. The smallest absolute Gasteiger partial charge is 0.416 e. The van der Waals surface area contributed by atoms with Gasteiger partial charge in [-0.1, -0.05) is 36.4 Å². The molecule has 7 nitrogen and oxygen atoms in total. The van der Waals surface area contributed by atoms with E-state index in [2.05, 4.69) is 0 Å². The molecule has 1 fully saturated rings. The lowest BCUT2D eigenvalue weighted by Gasteiger charge is -2.18. The zero-order valence-electron chi connectivity index (χ0n) is 15.6. The Labute approximate surface area is 169 Å². The second-order valence-electron chi connectivity index (χ2n) is 6.54. The molecule has 1 heterocycles. The fourth-order valence-electron chi connectivity index (χ4n) is 2.84. The normalized spacial score (nSPS) is 18.9. The van der Waals surface area contributed by atoms with Gasteiger partial charge in [-0.2, -0.15) is 13.2 Å². The van der Waals surface area contributed by atoms with Crippen molar-refractivity contribution in [1.29, 1.82) is 0 Å². The van der Waals surface area contributed by atoms with Crippen molar-refractivity contribution in [3.8, 4) is 5.75 Å². The Balaban J connectivity index is 0.000000469. The van der Waals surface area contributed by atoms with Crippen LogP contribution in [0.25, 0.3) is 0 Å². The van der Waals surface area contributed by atoms with Gasteiger partial charge < -0.3 is 20.1 Å². The van der Waals surface area contributed by atoms with Crippen LogP contribution in [0.1, 0.15) is 11.1 Å². The second kappa shape index (κ2) is 10.1. The van der Waals surface area contributed by atoms with Crippen LogP contribution in [0.3, 0.4) is 0 Å². The first-order valence-corrected chi connectivity index (χ1v) is 8.80. The van der Waals surface area contributed by atoms with Crippen molar-refractivity contribution < 1.29 is 42.8 Å². The number of alkyl halides is 3. The number of aliphatic hydroxyl groups is 1. The number of carboxylic acid groups (broad SMARTS) is 2. The van der Waals surface area contributed by atoms with Crippen molar-refractivity contribution in [2.24, 2.45) is 0 Å². The van der Waals surface area contributed by atoms with Gasteiger partial charge in [-0.15, -0.1) is 0 Å². The maximum Gasteiger partial charge on any atom is 0.416 e. The van der Waals surface area contributed by atoms with Gasteiger partial charge in [0.05, 0.1) is 5.56 Å². The Kier molecular flexibility index (Phi) is 7.79. The quantitative estimate of drug-likeness (QED) is 0.644. The Morgan fingerprint density at radius 1 is 1.00 bits per heavy atom. The van der Waals surface area contributed by atoms with Crippen molar-refractivity contribution in [2.75, 3.05) is 13.1 Å². The molecule has 2 aromatic carbocycles. The molecule has 10 heteroatoms. The lowest BCUT2D eigenvalue weighted by atomic mass is 10.2. The molecule has 162 valence electrons. The summed E-state index contributed by atoms with van der Waals surface area (Å²) in [5.74, 6) is -3.53. The van der Waals surface area contributed by atoms with Gasteiger partial charge in [0.15, 0.2) is 0 Å². The largest absolute Gasteiger partial charge is 0.486 e. The number of rotatable bonds is 4. The Morgan fingerprint density at radius 3 is 2.20 bits per heavy atom. The van der Waals surface area contributed by atoms with E-state index >= 15 is 0 Å². The van der Waals surface area contributed by atoms with E-state index in [0.717, 1.165) is 17.7 Å². The molecule has 0 amide bonds. The average Bonchev–Trinajstić information content (AvgIpc) is 3.01. The number of nitrogens with zero attached hydrogens (tertiary/aromatic N) is 1. The highest BCUT2D eigenvalue weighted by atomic mass is 19.4. The van der Waals surface area contributed by atoms with Crippen LogP contribution in [-0.2, 0) is 22.3 Å². The van der Waals surface area contributed by atoms with E-state index in [1.807, 2.05) is 35.2 Å². The number of aliphatic carboxylic acids is 2. The number of carbonyl (C=O) groups is 2. The van der Waals surface area contributed by atoms with Gasteiger partial charge in [0, 0.05) is 19.6 Å². The number of carboxylic acids is 2. The summed E-state index contributed by atoms with van der Waals surface area (Å²) >= 11 is 0. The van der Waals surface area contributed by atoms with E-state index in [9.17, 15) is 18.3 Å². The molecular weight excluding hydrogens is 407 g/mol. The van der Waals surface area contributed by atoms with Crippen LogP contribution in [-0.4, -0.2) is 57.5 Å². The maximum absolute atomic E-state index is 12.7. The van der Waals surface area contributed by atoms with Crippen LogP contribution < -0.4 is 4.74 Å². The third kappa shape index (κ3) is 7.05. The highest BCUT2D eigenvalue weighted by Gasteiger charge is 2.34. The minimum absolute atomic E-state index is 0.121. The van der Waals surface area contributed by atoms with E-state index in [1.165, 1.54) is 12.1 Å². The Morgan fingerprint density at radius 2 is 1.63 bits per heavy atom. The van der Waals surface area contributed by atoms with Crippen LogP contribution in [0, 0.1) is 0 Å². The molecule has 3 N–H and O–H groups in total. The number of aliphatic hydroxyl groups excluding tert-OH is 1. The van der Waals surface area contributed by atoms with Crippen LogP contribution in [0.15, 0.2) is 54.6 Å². The molecule has 0 aromatic heterocycles. The van der Waals surface area contributed by atoms with E-state index < -0.39 is 35.9 Å². The van der Waals surface area contributed by atoms with Crippen molar-refractivity contribution in [3.05, 3.63) is 65.7 Å². The Hall–Kier alpha value is -3.11. The van der Waals surface area contributed by atoms with Crippen molar-refractivity contribution in [2.45, 2.75) is 24.9 Å². The molecule has 0 radical (unpaired) electrons. The number of benzene rings is 2. The molecular formula is C20H20F3NO6. The van der Waals surface area contributed by atoms with Gasteiger partial charge >= 0.3 is 18.1 Å². The summed E-state index contributed by atoms with van der Waals surface area (Å²) in [5.41, 5.74) is 0.359. The minimum Gasteiger partial charge on any atom is -0.486 e. The molecule has 3 rings (SSSR count). The molecule has 1 aliphatic rings. The average molecular weight is 427 g/mol. The molecule has 0 saturated carbocycles. The number of hydrogen-bond acceptors (Lipinski definition) is 5. The van der Waals surface area contributed by atoms with Crippen molar-refractivity contribution in [1.82, 2.24) is 4.90 Å². The topological polar surface area (TPSA) is 107 Å². The molecule has 0 unspecified atom stereocenters. The predicted molar refractivity (Wildman–Crippen MR) is 98.9 cm³/mol. The standard InChI is InChI=1S/C18H18F3NO2.C2H2O4/c19-18(20,21)14-7-4-8-15(9-14)24-17-12-22(11-16(17)23)10-13-5-2-1-3-6-13;3-1(4)2(5)6/h1-9,16-17,23H,10-12H2;(H,3,4)(H,5,6)/t16-,17-;/m1./s1. The first kappa shape index (κ1) is 23.2. The van der Waals surface area contributed by atoms with Crippen molar-refractivity contribution in [3.63, 3.8) is 0 Å². The summed E-state index contributed by atoms with van der Waals surface area (Å²) in [6, 6.07) is 14.6. The third-order valence-corrected chi connectivity index (χ3v) is 4.19. The van der Waals surface area contributed by atoms with E-state index in [4.69, 9.17) is 24.5 Å². The molecule has 2 aromatic rings. The van der Waals surface area contributed by atoms with Gasteiger partial charge in [0.2, 0.25) is 0 Å². The molecule has 2 atom stereocenters. The molecule has 30 heavy (non-hydrogen) atoms. The van der Waals surface area contributed by atoms with Gasteiger partial charge in [-0.05, 0) is 23.8 Å². The molecule has 1 saturated heterocycles. The SMILES string of the molecule is O=C(O)C(=O)O.O[C@@H]1CN(Cc2ccccc2)C[C@H]1Oc1cccc(C(F)(F)F)c1.